The van der Waals surface area contributed by atoms with Crippen LogP contribution in [0.5, 0.6) is 5.75 Å². The van der Waals surface area contributed by atoms with Crippen molar-refractivity contribution < 1.29 is 5.11 Å². The normalized spacial score (nSPS) is 22.4. The van der Waals surface area contributed by atoms with Gasteiger partial charge in [0, 0.05) is 37.3 Å². The van der Waals surface area contributed by atoms with Crippen LogP contribution in [0.15, 0.2) is 30.3 Å². The number of aromatic hydroxyl groups is 1. The average molecular weight is 411 g/mol. The Kier molecular flexibility index (Phi) is 6.39. The molecule has 7 nitrogen and oxygen atoms in total. The zero-order valence-electron chi connectivity index (χ0n) is 18.1. The molecule has 3 heterocycles. The molecule has 4 rings (SSSR count). The second-order valence-electron chi connectivity index (χ2n) is 8.72. The number of phenolic OH excluding ortho intramolecular Hbond substituents is 1. The maximum atomic E-state index is 10.2. The summed E-state index contributed by atoms with van der Waals surface area (Å²) in [5, 5.41) is 22.0. The highest BCUT2D eigenvalue weighted by Gasteiger charge is 2.41. The first-order valence-electron chi connectivity index (χ1n) is 11.2. The van der Waals surface area contributed by atoms with Crippen LogP contribution in [0.4, 0.5) is 11.5 Å². The van der Waals surface area contributed by atoms with Crippen molar-refractivity contribution in [3.8, 4) is 17.0 Å². The third-order valence-corrected chi connectivity index (χ3v) is 6.61. The van der Waals surface area contributed by atoms with Crippen LogP contribution in [0.2, 0.25) is 0 Å². The van der Waals surface area contributed by atoms with Crippen molar-refractivity contribution >= 4 is 11.5 Å². The third kappa shape index (κ3) is 4.23. The van der Waals surface area contributed by atoms with Crippen molar-refractivity contribution in [3.63, 3.8) is 0 Å². The van der Waals surface area contributed by atoms with E-state index in [1.54, 1.807) is 12.1 Å². The fraction of sp³-hybridized carbons (Fsp3) is 0.565. The Morgan fingerprint density at radius 2 is 1.93 bits per heavy atom. The topological polar surface area (TPSA) is 90.5 Å². The van der Waals surface area contributed by atoms with Crippen LogP contribution in [0, 0.1) is 5.92 Å². The molecule has 0 aliphatic carbocycles. The maximum absolute atomic E-state index is 10.2. The van der Waals surface area contributed by atoms with Gasteiger partial charge in [-0.1, -0.05) is 25.5 Å². The fourth-order valence-electron chi connectivity index (χ4n) is 5.20. The number of hydrogen-bond acceptors (Lipinski definition) is 7. The minimum Gasteiger partial charge on any atom is -0.507 e. The summed E-state index contributed by atoms with van der Waals surface area (Å²) in [4.78, 5) is 5.11. The van der Waals surface area contributed by atoms with Crippen LogP contribution in [0.25, 0.3) is 11.3 Å². The number of hydrogen-bond donors (Lipinski definition) is 3. The Morgan fingerprint density at radius 1 is 1.20 bits per heavy atom. The van der Waals surface area contributed by atoms with Gasteiger partial charge in [0.1, 0.15) is 5.75 Å². The predicted octanol–water partition coefficient (Wildman–Crippen LogP) is 2.72. The van der Waals surface area contributed by atoms with Crippen molar-refractivity contribution in [3.05, 3.63) is 30.3 Å². The third-order valence-electron chi connectivity index (χ3n) is 6.61. The molecule has 30 heavy (non-hydrogen) atoms. The molecule has 3 atom stereocenters. The molecule has 3 unspecified atom stereocenters. The molecule has 4 N–H and O–H groups in total. The van der Waals surface area contributed by atoms with Gasteiger partial charge in [-0.05, 0) is 57.0 Å². The van der Waals surface area contributed by atoms with E-state index in [9.17, 15) is 5.11 Å². The number of anilines is 2. The van der Waals surface area contributed by atoms with Crippen LogP contribution < -0.4 is 16.0 Å². The fourth-order valence-corrected chi connectivity index (χ4v) is 5.20. The Hall–Kier alpha value is -2.38. The summed E-state index contributed by atoms with van der Waals surface area (Å²) in [5.74, 6) is 1.37. The molecule has 2 fully saturated rings. The molecule has 0 saturated carbocycles. The van der Waals surface area contributed by atoms with E-state index in [2.05, 4.69) is 39.3 Å². The van der Waals surface area contributed by atoms with Gasteiger partial charge in [-0.15, -0.1) is 10.2 Å². The van der Waals surface area contributed by atoms with Gasteiger partial charge < -0.3 is 21.1 Å². The Bertz CT molecular complexity index is 839. The summed E-state index contributed by atoms with van der Waals surface area (Å²) in [6.45, 7) is 6.45. The van der Waals surface area contributed by atoms with Gasteiger partial charge in [0.25, 0.3) is 0 Å². The van der Waals surface area contributed by atoms with Gasteiger partial charge in [-0.2, -0.15) is 0 Å². The zero-order valence-corrected chi connectivity index (χ0v) is 18.1. The number of aromatic nitrogens is 2. The van der Waals surface area contributed by atoms with Crippen LogP contribution in [0.1, 0.15) is 32.6 Å². The Labute approximate surface area is 179 Å². The number of piperazine rings is 1. The van der Waals surface area contributed by atoms with E-state index in [1.165, 1.54) is 32.2 Å². The number of nitrogens with one attached hydrogen (secondary N) is 1. The van der Waals surface area contributed by atoms with E-state index in [-0.39, 0.29) is 5.75 Å². The molecule has 7 heteroatoms. The average Bonchev–Trinajstić information content (AvgIpc) is 2.96. The standard InChI is InChI=1S/C23H34N6O/c1-3-6-16(12-25-2)13-29-17-9-10-18(29)15-28(14-17)21-11-20(26-27-23(21)24)19-7-4-5-8-22(19)30/h4-5,7-8,11,16-18,25,30H,3,6,9-10,12-15H2,1-2H3,(H2,24,27). The summed E-state index contributed by atoms with van der Waals surface area (Å²) < 4.78 is 0. The summed E-state index contributed by atoms with van der Waals surface area (Å²) >= 11 is 0. The van der Waals surface area contributed by atoms with E-state index >= 15 is 0 Å². The second kappa shape index (κ2) is 9.18. The Morgan fingerprint density at radius 3 is 2.60 bits per heavy atom. The van der Waals surface area contributed by atoms with E-state index < -0.39 is 0 Å². The summed E-state index contributed by atoms with van der Waals surface area (Å²) in [7, 11) is 2.05. The highest BCUT2D eigenvalue weighted by molar-refractivity contribution is 5.74. The van der Waals surface area contributed by atoms with Gasteiger partial charge in [0.05, 0.1) is 11.4 Å². The molecular weight excluding hydrogens is 376 g/mol. The van der Waals surface area contributed by atoms with Crippen molar-refractivity contribution in [2.75, 3.05) is 43.9 Å². The van der Waals surface area contributed by atoms with E-state index in [1.807, 2.05) is 18.2 Å². The number of fused-ring (bicyclic) bond motifs is 2. The summed E-state index contributed by atoms with van der Waals surface area (Å²) in [5.41, 5.74) is 8.51. The first-order chi connectivity index (χ1) is 14.6. The molecule has 2 aliphatic rings. The van der Waals surface area contributed by atoms with E-state index in [0.717, 1.165) is 25.3 Å². The number of benzene rings is 1. The second-order valence-corrected chi connectivity index (χ2v) is 8.72. The molecular formula is C23H34N6O. The van der Waals surface area contributed by atoms with Gasteiger partial charge in [-0.3, -0.25) is 4.90 Å². The number of rotatable bonds is 8. The molecule has 2 saturated heterocycles. The highest BCUT2D eigenvalue weighted by Crippen LogP contribution is 2.37. The molecule has 1 aromatic carbocycles. The van der Waals surface area contributed by atoms with E-state index in [4.69, 9.17) is 5.73 Å². The number of phenols is 1. The largest absolute Gasteiger partial charge is 0.507 e. The molecule has 2 bridgehead atoms. The summed E-state index contributed by atoms with van der Waals surface area (Å²) in [6, 6.07) is 10.3. The van der Waals surface area contributed by atoms with E-state index in [0.29, 0.717) is 35.1 Å². The van der Waals surface area contributed by atoms with Gasteiger partial charge in [-0.25, -0.2) is 0 Å². The lowest BCUT2D eigenvalue weighted by atomic mass is 10.0. The molecule has 0 radical (unpaired) electrons. The lowest BCUT2D eigenvalue weighted by molar-refractivity contribution is 0.138. The van der Waals surface area contributed by atoms with Crippen LogP contribution >= 0.6 is 0 Å². The quantitative estimate of drug-likeness (QED) is 0.616. The summed E-state index contributed by atoms with van der Waals surface area (Å²) in [6.07, 6.45) is 4.98. The highest BCUT2D eigenvalue weighted by atomic mass is 16.3. The lowest BCUT2D eigenvalue weighted by Gasteiger charge is -2.43. The maximum Gasteiger partial charge on any atom is 0.169 e. The van der Waals surface area contributed by atoms with Crippen LogP contribution in [-0.4, -0.2) is 65.5 Å². The number of para-hydroxylation sites is 1. The van der Waals surface area contributed by atoms with Crippen molar-refractivity contribution in [2.45, 2.75) is 44.7 Å². The molecule has 2 aliphatic heterocycles. The predicted molar refractivity (Wildman–Crippen MR) is 122 cm³/mol. The van der Waals surface area contributed by atoms with Gasteiger partial charge in [0.15, 0.2) is 5.82 Å². The lowest BCUT2D eigenvalue weighted by Crippen LogP contribution is -2.55. The SMILES string of the molecule is CCCC(CNC)CN1C2CCC1CN(c1cc(-c3ccccc3O)nnc1N)C2. The minimum absolute atomic E-state index is 0.207. The number of nitrogen functional groups attached to an aromatic ring is 1. The van der Waals surface area contributed by atoms with Crippen molar-refractivity contribution in [1.29, 1.82) is 0 Å². The first kappa shape index (κ1) is 20.9. The zero-order chi connectivity index (χ0) is 21.1. The number of nitrogens with two attached hydrogens (primary N) is 1. The minimum atomic E-state index is 0.207. The smallest absolute Gasteiger partial charge is 0.169 e. The molecule has 162 valence electrons. The van der Waals surface area contributed by atoms with Gasteiger partial charge >= 0.3 is 0 Å². The monoisotopic (exact) mass is 410 g/mol. The molecule has 0 spiro atoms. The Balaban J connectivity index is 1.52. The molecule has 0 amide bonds. The number of nitrogens with zero attached hydrogens (tertiary/aromatic N) is 4. The first-order valence-corrected chi connectivity index (χ1v) is 11.2. The van der Waals surface area contributed by atoms with Gasteiger partial charge in [0.2, 0.25) is 0 Å². The van der Waals surface area contributed by atoms with Crippen LogP contribution in [0.3, 0.4) is 0 Å². The molecule has 1 aromatic heterocycles. The van der Waals surface area contributed by atoms with Crippen LogP contribution in [-0.2, 0) is 0 Å². The van der Waals surface area contributed by atoms with Crippen molar-refractivity contribution in [2.24, 2.45) is 5.92 Å². The van der Waals surface area contributed by atoms with Crippen molar-refractivity contribution in [1.82, 2.24) is 20.4 Å². The molecule has 2 aromatic rings.